The van der Waals surface area contributed by atoms with Gasteiger partial charge in [0, 0.05) is 11.6 Å². The molecule has 2 N–H and O–H groups in total. The number of nitro groups is 1. The molecule has 0 saturated carbocycles. The maximum atomic E-state index is 10.2. The second-order valence-electron chi connectivity index (χ2n) is 2.37. The zero-order chi connectivity index (χ0) is 9.14. The Morgan fingerprint density at radius 1 is 1.92 bits per heavy atom. The van der Waals surface area contributed by atoms with Crippen LogP contribution in [0, 0.1) is 10.1 Å². The van der Waals surface area contributed by atoms with Crippen LogP contribution in [-0.4, -0.2) is 26.2 Å². The molecule has 0 aromatic carbocycles. The molecule has 7 nitrogen and oxygen atoms in total. The lowest BCUT2D eigenvalue weighted by atomic mass is 10.4. The van der Waals surface area contributed by atoms with Crippen LogP contribution in [0.2, 0.25) is 0 Å². The SMILES string of the molecule is CC(CN)n1cnc([N+](=O)[O-])n1. The number of nitrogens with two attached hydrogens (primary N) is 1. The lowest BCUT2D eigenvalue weighted by Crippen LogP contribution is -2.16. The van der Waals surface area contributed by atoms with Gasteiger partial charge in [-0.15, -0.1) is 0 Å². The Balaban J connectivity index is 2.84. The average Bonchev–Trinajstić information content (AvgIpc) is 2.51. The summed E-state index contributed by atoms with van der Waals surface area (Å²) >= 11 is 0. The smallest absolute Gasteiger partial charge is 0.390 e. The maximum Gasteiger partial charge on any atom is 0.490 e. The van der Waals surface area contributed by atoms with Gasteiger partial charge < -0.3 is 15.8 Å². The van der Waals surface area contributed by atoms with E-state index in [9.17, 15) is 10.1 Å². The molecule has 1 aromatic heterocycles. The van der Waals surface area contributed by atoms with Crippen LogP contribution in [0.3, 0.4) is 0 Å². The summed E-state index contributed by atoms with van der Waals surface area (Å²) in [5.74, 6) is -0.393. The second-order valence-corrected chi connectivity index (χ2v) is 2.37. The van der Waals surface area contributed by atoms with Gasteiger partial charge in [-0.3, -0.25) is 0 Å². The highest BCUT2D eigenvalue weighted by molar-refractivity contribution is 4.97. The van der Waals surface area contributed by atoms with Crippen molar-refractivity contribution in [1.82, 2.24) is 14.8 Å². The monoisotopic (exact) mass is 171 g/mol. The van der Waals surface area contributed by atoms with Crippen LogP contribution in [-0.2, 0) is 0 Å². The van der Waals surface area contributed by atoms with Crippen molar-refractivity contribution in [2.75, 3.05) is 6.54 Å². The first-order valence-electron chi connectivity index (χ1n) is 3.40. The van der Waals surface area contributed by atoms with Gasteiger partial charge in [0.05, 0.1) is 6.04 Å². The zero-order valence-electron chi connectivity index (χ0n) is 6.54. The normalized spacial score (nSPS) is 12.8. The van der Waals surface area contributed by atoms with Crippen molar-refractivity contribution in [1.29, 1.82) is 0 Å². The summed E-state index contributed by atoms with van der Waals surface area (Å²) in [6.07, 6.45) is 1.30. The van der Waals surface area contributed by atoms with Crippen molar-refractivity contribution in [3.8, 4) is 0 Å². The summed E-state index contributed by atoms with van der Waals surface area (Å²) in [6, 6.07) is -0.0637. The lowest BCUT2D eigenvalue weighted by molar-refractivity contribution is -0.394. The first-order valence-corrected chi connectivity index (χ1v) is 3.40. The van der Waals surface area contributed by atoms with E-state index >= 15 is 0 Å². The number of hydrogen-bond donors (Lipinski definition) is 1. The van der Waals surface area contributed by atoms with Crippen LogP contribution in [0.25, 0.3) is 0 Å². The Kier molecular flexibility index (Phi) is 2.34. The van der Waals surface area contributed by atoms with E-state index in [0.29, 0.717) is 6.54 Å². The van der Waals surface area contributed by atoms with Crippen molar-refractivity contribution in [3.05, 3.63) is 16.4 Å². The van der Waals surface area contributed by atoms with E-state index in [0.717, 1.165) is 0 Å². The quantitative estimate of drug-likeness (QED) is 0.497. The highest BCUT2D eigenvalue weighted by Crippen LogP contribution is 2.05. The lowest BCUT2D eigenvalue weighted by Gasteiger charge is -2.01. The van der Waals surface area contributed by atoms with E-state index in [2.05, 4.69) is 10.1 Å². The molecule has 0 aliphatic rings. The Morgan fingerprint density at radius 2 is 2.58 bits per heavy atom. The molecule has 0 amide bonds. The van der Waals surface area contributed by atoms with Gasteiger partial charge in [-0.05, 0) is 11.8 Å². The molecular weight excluding hydrogens is 162 g/mol. The topological polar surface area (TPSA) is 99.9 Å². The van der Waals surface area contributed by atoms with E-state index in [4.69, 9.17) is 5.73 Å². The molecule has 0 radical (unpaired) electrons. The molecule has 12 heavy (non-hydrogen) atoms. The molecule has 66 valence electrons. The van der Waals surface area contributed by atoms with Gasteiger partial charge in [-0.25, -0.2) is 0 Å². The van der Waals surface area contributed by atoms with Crippen LogP contribution in [0.15, 0.2) is 6.33 Å². The molecule has 1 atom stereocenters. The van der Waals surface area contributed by atoms with E-state index < -0.39 is 10.9 Å². The minimum atomic E-state index is -0.639. The third-order valence-corrected chi connectivity index (χ3v) is 1.45. The molecule has 1 heterocycles. The fraction of sp³-hybridized carbons (Fsp3) is 0.600. The van der Waals surface area contributed by atoms with Gasteiger partial charge in [0.1, 0.15) is 0 Å². The number of hydrogen-bond acceptors (Lipinski definition) is 5. The van der Waals surface area contributed by atoms with Crippen LogP contribution in [0.1, 0.15) is 13.0 Å². The number of nitrogens with zero attached hydrogens (tertiary/aromatic N) is 4. The standard InChI is InChI=1S/C5H9N5O2/c1-4(2-6)9-3-7-5(8-9)10(11)12/h3-4H,2,6H2,1H3. The summed E-state index contributed by atoms with van der Waals surface area (Å²) in [5, 5.41) is 13.8. The zero-order valence-corrected chi connectivity index (χ0v) is 6.54. The van der Waals surface area contributed by atoms with E-state index in [1.165, 1.54) is 11.0 Å². The summed E-state index contributed by atoms with van der Waals surface area (Å²) in [7, 11) is 0. The Morgan fingerprint density at radius 3 is 3.00 bits per heavy atom. The maximum absolute atomic E-state index is 10.2. The minimum Gasteiger partial charge on any atom is -0.390 e. The first kappa shape index (κ1) is 8.60. The van der Waals surface area contributed by atoms with Gasteiger partial charge in [-0.2, -0.15) is 4.68 Å². The molecule has 0 aliphatic carbocycles. The highest BCUT2D eigenvalue weighted by Gasteiger charge is 2.15. The molecule has 1 rings (SSSR count). The van der Waals surface area contributed by atoms with Crippen molar-refractivity contribution in [2.24, 2.45) is 5.73 Å². The number of rotatable bonds is 3. The fourth-order valence-corrected chi connectivity index (χ4v) is 0.670. The predicted molar refractivity (Wildman–Crippen MR) is 40.4 cm³/mol. The van der Waals surface area contributed by atoms with Gasteiger partial charge in [0.15, 0.2) is 0 Å². The first-order chi connectivity index (χ1) is 5.65. The van der Waals surface area contributed by atoms with Gasteiger partial charge in [0.2, 0.25) is 6.33 Å². The van der Waals surface area contributed by atoms with Gasteiger partial charge >= 0.3 is 5.95 Å². The average molecular weight is 171 g/mol. The predicted octanol–water partition coefficient (Wildman–Crippen LogP) is -0.294. The van der Waals surface area contributed by atoms with Gasteiger partial charge in [-0.1, -0.05) is 4.98 Å². The summed E-state index contributed by atoms with van der Waals surface area (Å²) in [6.45, 7) is 2.18. The summed E-state index contributed by atoms with van der Waals surface area (Å²) in [5.41, 5.74) is 5.33. The Bertz CT molecular complexity index is 283. The molecule has 0 fully saturated rings. The molecule has 0 aliphatic heterocycles. The second kappa shape index (κ2) is 3.26. The molecular formula is C5H9N5O2. The Labute approximate surface area is 68.3 Å². The van der Waals surface area contributed by atoms with Crippen molar-refractivity contribution < 1.29 is 4.92 Å². The Hall–Kier alpha value is -1.50. The third-order valence-electron chi connectivity index (χ3n) is 1.45. The van der Waals surface area contributed by atoms with E-state index in [1.54, 1.807) is 6.92 Å². The summed E-state index contributed by atoms with van der Waals surface area (Å²) in [4.78, 5) is 13.0. The largest absolute Gasteiger partial charge is 0.490 e. The van der Waals surface area contributed by atoms with E-state index in [1.807, 2.05) is 0 Å². The van der Waals surface area contributed by atoms with E-state index in [-0.39, 0.29) is 6.04 Å². The fourth-order valence-electron chi connectivity index (χ4n) is 0.670. The van der Waals surface area contributed by atoms with Crippen LogP contribution in [0.5, 0.6) is 0 Å². The molecule has 0 bridgehead atoms. The van der Waals surface area contributed by atoms with Crippen molar-refractivity contribution in [2.45, 2.75) is 13.0 Å². The van der Waals surface area contributed by atoms with Gasteiger partial charge in [0.25, 0.3) is 0 Å². The molecule has 1 aromatic rings. The van der Waals surface area contributed by atoms with Crippen LogP contribution < -0.4 is 5.73 Å². The molecule has 1 unspecified atom stereocenters. The summed E-state index contributed by atoms with van der Waals surface area (Å²) < 4.78 is 1.37. The third kappa shape index (κ3) is 1.56. The number of aromatic nitrogens is 3. The molecule has 7 heteroatoms. The van der Waals surface area contributed by atoms with Crippen LogP contribution in [0.4, 0.5) is 5.95 Å². The van der Waals surface area contributed by atoms with Crippen molar-refractivity contribution >= 4 is 5.95 Å². The minimum absolute atomic E-state index is 0.0637. The van der Waals surface area contributed by atoms with Crippen LogP contribution >= 0.6 is 0 Å². The highest BCUT2D eigenvalue weighted by atomic mass is 16.6. The molecule has 0 spiro atoms. The molecule has 0 saturated heterocycles. The van der Waals surface area contributed by atoms with Crippen molar-refractivity contribution in [3.63, 3.8) is 0 Å².